The van der Waals surface area contributed by atoms with Gasteiger partial charge in [0.05, 0.1) is 18.0 Å². The second kappa shape index (κ2) is 8.81. The molecule has 6 nitrogen and oxygen atoms in total. The number of piperazine rings is 1. The summed E-state index contributed by atoms with van der Waals surface area (Å²) in [5.74, 6) is 0. The van der Waals surface area contributed by atoms with Gasteiger partial charge < -0.3 is 10.0 Å². The van der Waals surface area contributed by atoms with Crippen LogP contribution in [0.3, 0.4) is 0 Å². The first kappa shape index (κ1) is 22.1. The van der Waals surface area contributed by atoms with Crippen molar-refractivity contribution in [3.63, 3.8) is 0 Å². The standard InChI is InChI=1S/C24H33N3O3S/c1-18-6-4-8-22(14-18)26-13-12-25(16-19(26)2)17-24(28)21-9-10-23-20(15-21)7-5-11-27(23)31(3,29)30/h4,6,8-10,14-15,19,24,28H,5,7,11-13,16-17H2,1-3H3/t19-,24+/m0/s1. The SMILES string of the molecule is Cc1cccc(N2CCN(C[C@@H](O)c3ccc4c(c3)CCCN4S(C)(=O)=O)C[C@@H]2C)c1. The molecule has 2 aliphatic heterocycles. The lowest BCUT2D eigenvalue weighted by atomic mass is 9.98. The molecule has 1 N–H and O–H groups in total. The van der Waals surface area contributed by atoms with Gasteiger partial charge >= 0.3 is 0 Å². The van der Waals surface area contributed by atoms with Crippen LogP contribution in [0.2, 0.25) is 0 Å². The molecule has 0 amide bonds. The van der Waals surface area contributed by atoms with E-state index in [0.29, 0.717) is 19.1 Å². The summed E-state index contributed by atoms with van der Waals surface area (Å²) in [6.07, 6.45) is 2.31. The zero-order valence-electron chi connectivity index (χ0n) is 18.7. The molecule has 2 aromatic rings. The summed E-state index contributed by atoms with van der Waals surface area (Å²) in [6, 6.07) is 14.7. The largest absolute Gasteiger partial charge is 0.387 e. The zero-order chi connectivity index (χ0) is 22.2. The molecule has 0 bridgehead atoms. The van der Waals surface area contributed by atoms with Crippen molar-refractivity contribution in [3.05, 3.63) is 59.2 Å². The molecule has 1 saturated heterocycles. The summed E-state index contributed by atoms with van der Waals surface area (Å²) in [7, 11) is -3.27. The molecule has 31 heavy (non-hydrogen) atoms. The number of benzene rings is 2. The highest BCUT2D eigenvalue weighted by Crippen LogP contribution is 2.32. The van der Waals surface area contributed by atoms with Crippen molar-refractivity contribution in [3.8, 4) is 0 Å². The minimum atomic E-state index is -3.27. The summed E-state index contributed by atoms with van der Waals surface area (Å²) in [5.41, 5.74) is 5.15. The fourth-order valence-corrected chi connectivity index (χ4v) is 5.87. The molecule has 0 aliphatic carbocycles. The highest BCUT2D eigenvalue weighted by molar-refractivity contribution is 7.92. The van der Waals surface area contributed by atoms with Crippen molar-refractivity contribution >= 4 is 21.4 Å². The Balaban J connectivity index is 1.42. The van der Waals surface area contributed by atoms with Gasteiger partial charge in [-0.15, -0.1) is 0 Å². The lowest BCUT2D eigenvalue weighted by Gasteiger charge is -2.42. The van der Waals surface area contributed by atoms with E-state index in [1.54, 1.807) is 0 Å². The van der Waals surface area contributed by atoms with Crippen LogP contribution in [0.15, 0.2) is 42.5 Å². The number of sulfonamides is 1. The van der Waals surface area contributed by atoms with Crippen LogP contribution in [0.5, 0.6) is 0 Å². The monoisotopic (exact) mass is 443 g/mol. The fourth-order valence-electron chi connectivity index (χ4n) is 4.87. The molecular formula is C24H33N3O3S. The van der Waals surface area contributed by atoms with E-state index in [4.69, 9.17) is 0 Å². The maximum absolute atomic E-state index is 12.1. The minimum absolute atomic E-state index is 0.370. The molecule has 0 radical (unpaired) electrons. The van der Waals surface area contributed by atoms with Gasteiger partial charge in [-0.3, -0.25) is 9.21 Å². The van der Waals surface area contributed by atoms with Crippen LogP contribution < -0.4 is 9.21 Å². The second-order valence-electron chi connectivity index (χ2n) is 8.98. The number of aliphatic hydroxyl groups is 1. The maximum atomic E-state index is 12.1. The van der Waals surface area contributed by atoms with Gasteiger partial charge in [0.15, 0.2) is 0 Å². The number of aryl methyl sites for hydroxylation is 2. The molecular weight excluding hydrogens is 410 g/mol. The molecule has 0 unspecified atom stereocenters. The topological polar surface area (TPSA) is 64.1 Å². The Bertz CT molecular complexity index is 1040. The number of fused-ring (bicyclic) bond motifs is 1. The molecule has 2 heterocycles. The summed E-state index contributed by atoms with van der Waals surface area (Å²) in [5, 5.41) is 10.9. The lowest BCUT2D eigenvalue weighted by Crippen LogP contribution is -2.52. The van der Waals surface area contributed by atoms with Crippen LogP contribution in [-0.2, 0) is 16.4 Å². The van der Waals surface area contributed by atoms with Gasteiger partial charge in [0.2, 0.25) is 10.0 Å². The number of β-amino-alcohol motifs (C(OH)–C–C–N with tert-alkyl or cyclic N) is 1. The van der Waals surface area contributed by atoms with Crippen LogP contribution in [0.25, 0.3) is 0 Å². The third-order valence-electron chi connectivity index (χ3n) is 6.44. The lowest BCUT2D eigenvalue weighted by molar-refractivity contribution is 0.102. The minimum Gasteiger partial charge on any atom is -0.387 e. The number of hydrogen-bond acceptors (Lipinski definition) is 5. The fraction of sp³-hybridized carbons (Fsp3) is 0.500. The molecule has 2 atom stereocenters. The van der Waals surface area contributed by atoms with E-state index < -0.39 is 16.1 Å². The number of hydrogen-bond donors (Lipinski definition) is 1. The van der Waals surface area contributed by atoms with Gasteiger partial charge in [-0.2, -0.15) is 0 Å². The third kappa shape index (κ3) is 4.89. The van der Waals surface area contributed by atoms with Gasteiger partial charge in [0.1, 0.15) is 0 Å². The summed E-state index contributed by atoms with van der Waals surface area (Å²) >= 11 is 0. The molecule has 4 rings (SSSR count). The van der Waals surface area contributed by atoms with Crippen molar-refractivity contribution < 1.29 is 13.5 Å². The van der Waals surface area contributed by atoms with Crippen molar-refractivity contribution in [1.29, 1.82) is 0 Å². The average Bonchev–Trinajstić information content (AvgIpc) is 2.72. The number of nitrogens with zero attached hydrogens (tertiary/aromatic N) is 3. The normalized spacial score (nSPS) is 21.1. The molecule has 0 spiro atoms. The first-order valence-corrected chi connectivity index (χ1v) is 12.9. The van der Waals surface area contributed by atoms with E-state index in [1.807, 2.05) is 18.2 Å². The molecule has 168 valence electrons. The van der Waals surface area contributed by atoms with E-state index in [2.05, 4.69) is 47.9 Å². The molecule has 1 fully saturated rings. The van der Waals surface area contributed by atoms with Gasteiger partial charge in [-0.1, -0.05) is 24.3 Å². The molecule has 0 aromatic heterocycles. The average molecular weight is 444 g/mol. The van der Waals surface area contributed by atoms with E-state index in [0.717, 1.165) is 49.3 Å². The van der Waals surface area contributed by atoms with E-state index in [-0.39, 0.29) is 0 Å². The van der Waals surface area contributed by atoms with Crippen molar-refractivity contribution in [2.75, 3.05) is 48.2 Å². The second-order valence-corrected chi connectivity index (χ2v) is 10.9. The van der Waals surface area contributed by atoms with Crippen LogP contribution in [0.1, 0.15) is 36.1 Å². The maximum Gasteiger partial charge on any atom is 0.232 e. The highest BCUT2D eigenvalue weighted by Gasteiger charge is 2.27. The zero-order valence-corrected chi connectivity index (χ0v) is 19.5. The Morgan fingerprint density at radius 1 is 1.13 bits per heavy atom. The Labute approximate surface area is 186 Å². The third-order valence-corrected chi connectivity index (χ3v) is 7.62. The highest BCUT2D eigenvalue weighted by atomic mass is 32.2. The van der Waals surface area contributed by atoms with E-state index >= 15 is 0 Å². The Kier molecular flexibility index (Phi) is 6.28. The predicted molar refractivity (Wildman–Crippen MR) is 126 cm³/mol. The van der Waals surface area contributed by atoms with E-state index in [9.17, 15) is 13.5 Å². The quantitative estimate of drug-likeness (QED) is 0.770. The molecule has 7 heteroatoms. The van der Waals surface area contributed by atoms with Gasteiger partial charge in [-0.25, -0.2) is 8.42 Å². The summed E-state index contributed by atoms with van der Waals surface area (Å²) in [6.45, 7) is 8.20. The first-order valence-electron chi connectivity index (χ1n) is 11.1. The Morgan fingerprint density at radius 3 is 2.65 bits per heavy atom. The first-order chi connectivity index (χ1) is 14.7. The summed E-state index contributed by atoms with van der Waals surface area (Å²) < 4.78 is 25.6. The number of rotatable bonds is 5. The number of aliphatic hydroxyl groups excluding tert-OH is 1. The van der Waals surface area contributed by atoms with Crippen LogP contribution in [-0.4, -0.2) is 63.4 Å². The van der Waals surface area contributed by atoms with Crippen molar-refractivity contribution in [1.82, 2.24) is 4.90 Å². The van der Waals surface area contributed by atoms with Gasteiger partial charge in [0.25, 0.3) is 0 Å². The predicted octanol–water partition coefficient (Wildman–Crippen LogP) is 2.95. The van der Waals surface area contributed by atoms with Crippen molar-refractivity contribution in [2.45, 2.75) is 38.8 Å². The van der Waals surface area contributed by atoms with Crippen LogP contribution in [0, 0.1) is 6.92 Å². The Hall–Kier alpha value is -2.09. The van der Waals surface area contributed by atoms with Gasteiger partial charge in [-0.05, 0) is 61.6 Å². The Morgan fingerprint density at radius 2 is 1.94 bits per heavy atom. The smallest absolute Gasteiger partial charge is 0.232 e. The van der Waals surface area contributed by atoms with Crippen LogP contribution >= 0.6 is 0 Å². The van der Waals surface area contributed by atoms with Gasteiger partial charge in [0, 0.05) is 44.5 Å². The molecule has 2 aliphatic rings. The molecule has 0 saturated carbocycles. The van der Waals surface area contributed by atoms with Crippen LogP contribution in [0.4, 0.5) is 11.4 Å². The molecule has 2 aromatic carbocycles. The number of anilines is 2. The van der Waals surface area contributed by atoms with Crippen molar-refractivity contribution in [2.24, 2.45) is 0 Å². The van der Waals surface area contributed by atoms with E-state index in [1.165, 1.54) is 21.8 Å². The summed E-state index contributed by atoms with van der Waals surface area (Å²) in [4.78, 5) is 4.76.